The molecule has 1 aromatic rings. The number of hydrogen-bond acceptors (Lipinski definition) is 1. The van der Waals surface area contributed by atoms with Crippen molar-refractivity contribution in [3.05, 3.63) is 29.8 Å². The molecule has 0 spiro atoms. The van der Waals surface area contributed by atoms with Gasteiger partial charge in [0.1, 0.15) is 0 Å². The second-order valence-electron chi connectivity index (χ2n) is 2.75. The van der Waals surface area contributed by atoms with Gasteiger partial charge in [-0.3, -0.25) is 0 Å². The minimum absolute atomic E-state index is 0.120. The Morgan fingerprint density at radius 1 is 1.25 bits per heavy atom. The molecule has 0 heterocycles. The minimum atomic E-state index is -0.863. The molecule has 0 aliphatic carbocycles. The van der Waals surface area contributed by atoms with E-state index in [0.29, 0.717) is 5.56 Å². The van der Waals surface area contributed by atoms with E-state index in [0.717, 1.165) is 0 Å². The van der Waals surface area contributed by atoms with Gasteiger partial charge in [-0.05, 0) is 30.8 Å². The summed E-state index contributed by atoms with van der Waals surface area (Å²) in [6.45, 7) is 4.29. The highest BCUT2D eigenvalue weighted by atomic mass is 31.1. The number of aromatic carboxylic acids is 1. The fraction of sp³-hybridized carbons (Fsp3) is 0.222. The van der Waals surface area contributed by atoms with Crippen molar-refractivity contribution >= 4 is 19.2 Å². The lowest BCUT2D eigenvalue weighted by Crippen LogP contribution is -2.02. The smallest absolute Gasteiger partial charge is 0.335 e. The van der Waals surface area contributed by atoms with E-state index in [-0.39, 0.29) is 7.92 Å². The molecule has 0 amide bonds. The highest BCUT2D eigenvalue weighted by Gasteiger charge is 2.02. The standard InChI is InChI=1S/C9H11O2P/c1-12(2)8-5-3-7(4-6-8)9(10)11/h3-6H,1-2H3,(H,10,11). The zero-order chi connectivity index (χ0) is 9.14. The summed E-state index contributed by atoms with van der Waals surface area (Å²) in [6.07, 6.45) is 0. The molecule has 0 fully saturated rings. The van der Waals surface area contributed by atoms with Crippen molar-refractivity contribution < 1.29 is 9.90 Å². The average Bonchev–Trinajstić information content (AvgIpc) is 2.04. The molecule has 0 bridgehead atoms. The first-order valence-electron chi connectivity index (χ1n) is 3.62. The summed E-state index contributed by atoms with van der Waals surface area (Å²) < 4.78 is 0. The molecule has 1 rings (SSSR count). The van der Waals surface area contributed by atoms with Gasteiger partial charge in [0.05, 0.1) is 5.56 Å². The highest BCUT2D eigenvalue weighted by molar-refractivity contribution is 7.64. The van der Waals surface area contributed by atoms with Crippen LogP contribution in [-0.2, 0) is 0 Å². The number of rotatable bonds is 2. The van der Waals surface area contributed by atoms with Crippen molar-refractivity contribution in [2.24, 2.45) is 0 Å². The molecule has 1 aromatic carbocycles. The highest BCUT2D eigenvalue weighted by Crippen LogP contribution is 2.22. The van der Waals surface area contributed by atoms with Gasteiger partial charge < -0.3 is 5.11 Å². The van der Waals surface area contributed by atoms with Crippen LogP contribution in [0.15, 0.2) is 24.3 Å². The lowest BCUT2D eigenvalue weighted by molar-refractivity contribution is 0.0697. The third kappa shape index (κ3) is 2.05. The van der Waals surface area contributed by atoms with Gasteiger partial charge in [-0.25, -0.2) is 4.79 Å². The van der Waals surface area contributed by atoms with Crippen LogP contribution in [0.25, 0.3) is 0 Å². The van der Waals surface area contributed by atoms with Crippen molar-refractivity contribution in [3.8, 4) is 0 Å². The largest absolute Gasteiger partial charge is 0.478 e. The predicted octanol–water partition coefficient (Wildman–Crippen LogP) is 1.75. The number of benzene rings is 1. The van der Waals surface area contributed by atoms with Crippen LogP contribution in [-0.4, -0.2) is 24.4 Å². The Hall–Kier alpha value is -0.880. The molecule has 0 aliphatic rings. The van der Waals surface area contributed by atoms with E-state index >= 15 is 0 Å². The summed E-state index contributed by atoms with van der Waals surface area (Å²) >= 11 is 0. The Morgan fingerprint density at radius 2 is 1.75 bits per heavy atom. The molecule has 2 nitrogen and oxygen atoms in total. The molecule has 3 heteroatoms. The predicted molar refractivity (Wildman–Crippen MR) is 51.8 cm³/mol. The third-order valence-electron chi connectivity index (χ3n) is 1.63. The molecule has 0 unspecified atom stereocenters. The maximum absolute atomic E-state index is 10.5. The summed E-state index contributed by atoms with van der Waals surface area (Å²) in [5.74, 6) is -0.863. The van der Waals surface area contributed by atoms with Crippen molar-refractivity contribution in [2.45, 2.75) is 0 Å². The molecular weight excluding hydrogens is 171 g/mol. The van der Waals surface area contributed by atoms with Gasteiger partial charge in [0, 0.05) is 0 Å². The monoisotopic (exact) mass is 182 g/mol. The van der Waals surface area contributed by atoms with Gasteiger partial charge in [0.25, 0.3) is 0 Å². The SMILES string of the molecule is CP(C)c1ccc(C(=O)O)cc1. The number of hydrogen-bond donors (Lipinski definition) is 1. The topological polar surface area (TPSA) is 37.3 Å². The second kappa shape index (κ2) is 3.68. The van der Waals surface area contributed by atoms with Crippen LogP contribution >= 0.6 is 7.92 Å². The number of carboxylic acid groups (broad SMARTS) is 1. The van der Waals surface area contributed by atoms with Crippen molar-refractivity contribution in [2.75, 3.05) is 13.3 Å². The Balaban J connectivity index is 2.93. The van der Waals surface area contributed by atoms with Crippen LogP contribution in [0.1, 0.15) is 10.4 Å². The molecular formula is C9H11O2P. The Kier molecular flexibility index (Phi) is 2.83. The van der Waals surface area contributed by atoms with Gasteiger partial charge >= 0.3 is 5.97 Å². The summed E-state index contributed by atoms with van der Waals surface area (Å²) in [5, 5.41) is 9.85. The fourth-order valence-electron chi connectivity index (χ4n) is 0.902. The third-order valence-corrected chi connectivity index (χ3v) is 2.96. The van der Waals surface area contributed by atoms with Crippen LogP contribution in [0, 0.1) is 0 Å². The normalized spacial score (nSPS) is 10.2. The van der Waals surface area contributed by atoms with Crippen LogP contribution in [0.4, 0.5) is 0 Å². The summed E-state index contributed by atoms with van der Waals surface area (Å²) in [4.78, 5) is 10.5. The molecule has 0 aliphatic heterocycles. The van der Waals surface area contributed by atoms with Crippen molar-refractivity contribution in [1.29, 1.82) is 0 Å². The van der Waals surface area contributed by atoms with Crippen molar-refractivity contribution in [3.63, 3.8) is 0 Å². The summed E-state index contributed by atoms with van der Waals surface area (Å²) in [5.41, 5.74) is 0.357. The molecule has 64 valence electrons. The summed E-state index contributed by atoms with van der Waals surface area (Å²) in [6, 6.07) is 7.07. The van der Waals surface area contributed by atoms with Crippen LogP contribution < -0.4 is 5.30 Å². The second-order valence-corrected chi connectivity index (χ2v) is 5.05. The quantitative estimate of drug-likeness (QED) is 0.707. The van der Waals surface area contributed by atoms with Gasteiger partial charge in [0.15, 0.2) is 0 Å². The number of carboxylic acids is 1. The molecule has 1 N–H and O–H groups in total. The molecule has 0 saturated heterocycles. The van der Waals surface area contributed by atoms with E-state index in [9.17, 15) is 4.79 Å². The van der Waals surface area contributed by atoms with Gasteiger partial charge in [-0.1, -0.05) is 20.1 Å². The molecule has 0 aromatic heterocycles. The zero-order valence-corrected chi connectivity index (χ0v) is 8.01. The maximum Gasteiger partial charge on any atom is 0.335 e. The van der Waals surface area contributed by atoms with Gasteiger partial charge in [0.2, 0.25) is 0 Å². The summed E-state index contributed by atoms with van der Waals surface area (Å²) in [7, 11) is -0.120. The van der Waals surface area contributed by atoms with E-state index in [2.05, 4.69) is 13.3 Å². The fourth-order valence-corrected chi connectivity index (χ4v) is 1.65. The molecule has 0 atom stereocenters. The minimum Gasteiger partial charge on any atom is -0.478 e. The lowest BCUT2D eigenvalue weighted by atomic mass is 10.2. The number of carbonyl (C=O) groups is 1. The lowest BCUT2D eigenvalue weighted by Gasteiger charge is -2.04. The first-order chi connectivity index (χ1) is 5.61. The molecule has 12 heavy (non-hydrogen) atoms. The van der Waals surface area contributed by atoms with E-state index in [1.165, 1.54) is 5.30 Å². The van der Waals surface area contributed by atoms with E-state index < -0.39 is 5.97 Å². The van der Waals surface area contributed by atoms with E-state index in [4.69, 9.17) is 5.11 Å². The van der Waals surface area contributed by atoms with E-state index in [1.54, 1.807) is 12.1 Å². The Bertz CT molecular complexity index is 277. The average molecular weight is 182 g/mol. The van der Waals surface area contributed by atoms with Crippen LogP contribution in [0.5, 0.6) is 0 Å². The van der Waals surface area contributed by atoms with E-state index in [1.807, 2.05) is 12.1 Å². The van der Waals surface area contributed by atoms with Gasteiger partial charge in [-0.15, -0.1) is 0 Å². The Labute approximate surface area is 73.0 Å². The van der Waals surface area contributed by atoms with Crippen molar-refractivity contribution in [1.82, 2.24) is 0 Å². The first-order valence-corrected chi connectivity index (χ1v) is 5.85. The molecule has 0 radical (unpaired) electrons. The van der Waals surface area contributed by atoms with Crippen LogP contribution in [0.2, 0.25) is 0 Å². The molecule has 0 saturated carbocycles. The maximum atomic E-state index is 10.5. The van der Waals surface area contributed by atoms with Crippen LogP contribution in [0.3, 0.4) is 0 Å². The first kappa shape index (κ1) is 9.21. The zero-order valence-electron chi connectivity index (χ0n) is 7.11. The van der Waals surface area contributed by atoms with Gasteiger partial charge in [-0.2, -0.15) is 0 Å². The Morgan fingerprint density at radius 3 is 2.08 bits per heavy atom.